The fourth-order valence-electron chi connectivity index (χ4n) is 1.94. The summed E-state index contributed by atoms with van der Waals surface area (Å²) < 4.78 is 23.0. The van der Waals surface area contributed by atoms with E-state index in [4.69, 9.17) is 17.7 Å². The summed E-state index contributed by atoms with van der Waals surface area (Å²) in [5.41, 5.74) is 0. The van der Waals surface area contributed by atoms with Crippen LogP contribution < -0.4 is 0 Å². The molecule has 0 fully saturated rings. The third-order valence-corrected chi connectivity index (χ3v) is 11.1. The van der Waals surface area contributed by atoms with E-state index in [0.29, 0.717) is 13.2 Å². The normalized spacial score (nSPS) is 15.8. The van der Waals surface area contributed by atoms with Gasteiger partial charge >= 0.3 is 8.56 Å². The van der Waals surface area contributed by atoms with Crippen LogP contribution in [0.4, 0.5) is 0 Å². The van der Waals surface area contributed by atoms with Crippen molar-refractivity contribution >= 4 is 25.9 Å². The SMILES string of the molecule is COCCOCCC[Si](C)(O[Si](C)C)O[Si](C)(C)C. The third-order valence-electron chi connectivity index (χ3n) is 2.29. The Labute approximate surface area is 122 Å². The molecule has 0 heterocycles. The van der Waals surface area contributed by atoms with Crippen molar-refractivity contribution in [2.75, 3.05) is 26.9 Å². The molecule has 0 aliphatic heterocycles. The highest BCUT2D eigenvalue weighted by Gasteiger charge is 2.36. The molecule has 1 atom stereocenters. The smallest absolute Gasteiger partial charge is 0.314 e. The van der Waals surface area contributed by atoms with Crippen molar-refractivity contribution in [3.8, 4) is 0 Å². The molecule has 0 aliphatic carbocycles. The third kappa shape index (κ3) is 12.0. The molecule has 0 aromatic rings. The largest absolute Gasteiger partial charge is 0.437 e. The van der Waals surface area contributed by atoms with E-state index < -0.39 is 25.9 Å². The van der Waals surface area contributed by atoms with Gasteiger partial charge in [-0.2, -0.15) is 0 Å². The Hall–Kier alpha value is 0.491. The second-order valence-electron chi connectivity index (χ2n) is 6.07. The van der Waals surface area contributed by atoms with Crippen LogP contribution in [0.3, 0.4) is 0 Å². The van der Waals surface area contributed by atoms with Gasteiger partial charge in [0.2, 0.25) is 0 Å². The summed E-state index contributed by atoms with van der Waals surface area (Å²) in [5.74, 6) is 0. The maximum atomic E-state index is 6.36. The van der Waals surface area contributed by atoms with Gasteiger partial charge in [-0.05, 0) is 51.7 Å². The van der Waals surface area contributed by atoms with E-state index in [1.807, 2.05) is 0 Å². The lowest BCUT2D eigenvalue weighted by atomic mass is 10.5. The van der Waals surface area contributed by atoms with E-state index in [1.165, 1.54) is 0 Å². The van der Waals surface area contributed by atoms with Gasteiger partial charge in [0.05, 0.1) is 13.2 Å². The van der Waals surface area contributed by atoms with Gasteiger partial charge in [-0.1, -0.05) is 0 Å². The molecule has 0 aromatic carbocycles. The van der Waals surface area contributed by atoms with E-state index >= 15 is 0 Å². The number of methoxy groups -OCH3 is 1. The molecule has 4 nitrogen and oxygen atoms in total. The van der Waals surface area contributed by atoms with Crippen molar-refractivity contribution in [1.29, 1.82) is 0 Å². The van der Waals surface area contributed by atoms with Gasteiger partial charge in [-0.15, -0.1) is 0 Å². The van der Waals surface area contributed by atoms with E-state index in [0.717, 1.165) is 19.1 Å². The Bertz CT molecular complexity index is 234. The van der Waals surface area contributed by atoms with Crippen LogP contribution >= 0.6 is 0 Å². The van der Waals surface area contributed by atoms with Crippen LogP contribution in [0.1, 0.15) is 6.42 Å². The quantitative estimate of drug-likeness (QED) is 0.432. The Balaban J connectivity index is 4.13. The summed E-state index contributed by atoms with van der Waals surface area (Å²) >= 11 is 0. The van der Waals surface area contributed by atoms with Gasteiger partial charge in [-0.25, -0.2) is 0 Å². The molecule has 1 radical (unpaired) electrons. The highest BCUT2D eigenvalue weighted by molar-refractivity contribution is 6.84. The average Bonchev–Trinajstić information content (AvgIpc) is 2.19. The molecule has 7 heteroatoms. The summed E-state index contributed by atoms with van der Waals surface area (Å²) in [5, 5.41) is 0. The first-order chi connectivity index (χ1) is 8.68. The van der Waals surface area contributed by atoms with Gasteiger partial charge in [0.1, 0.15) is 0 Å². The summed E-state index contributed by atoms with van der Waals surface area (Å²) in [6.07, 6.45) is 1.01. The fraction of sp³-hybridized carbons (Fsp3) is 1.00. The first kappa shape index (κ1) is 19.5. The van der Waals surface area contributed by atoms with E-state index in [-0.39, 0.29) is 0 Å². The zero-order valence-electron chi connectivity index (χ0n) is 13.7. The lowest BCUT2D eigenvalue weighted by Crippen LogP contribution is -2.49. The lowest BCUT2D eigenvalue weighted by molar-refractivity contribution is 0.0704. The Morgan fingerprint density at radius 3 is 2.05 bits per heavy atom. The van der Waals surface area contributed by atoms with E-state index in [2.05, 4.69) is 39.3 Å². The van der Waals surface area contributed by atoms with Crippen molar-refractivity contribution in [2.24, 2.45) is 0 Å². The average molecular weight is 324 g/mol. The molecular formula is C12H31O4Si3. The molecule has 19 heavy (non-hydrogen) atoms. The van der Waals surface area contributed by atoms with Crippen molar-refractivity contribution in [3.05, 3.63) is 0 Å². The number of hydrogen-bond acceptors (Lipinski definition) is 4. The molecule has 0 amide bonds. The summed E-state index contributed by atoms with van der Waals surface area (Å²) in [4.78, 5) is 0. The molecule has 0 rings (SSSR count). The monoisotopic (exact) mass is 323 g/mol. The Morgan fingerprint density at radius 2 is 1.58 bits per heavy atom. The van der Waals surface area contributed by atoms with E-state index in [1.54, 1.807) is 7.11 Å². The number of rotatable bonds is 11. The highest BCUT2D eigenvalue weighted by atomic mass is 28.5. The highest BCUT2D eigenvalue weighted by Crippen LogP contribution is 2.22. The van der Waals surface area contributed by atoms with E-state index in [9.17, 15) is 0 Å². The Kier molecular flexibility index (Phi) is 9.67. The van der Waals surface area contributed by atoms with Crippen molar-refractivity contribution in [2.45, 2.75) is 51.7 Å². The zero-order chi connectivity index (χ0) is 14.9. The number of ether oxygens (including phenoxy) is 2. The van der Waals surface area contributed by atoms with Gasteiger partial charge in [0.25, 0.3) is 0 Å². The van der Waals surface area contributed by atoms with Gasteiger partial charge in [0, 0.05) is 13.7 Å². The van der Waals surface area contributed by atoms with Crippen LogP contribution in [0.5, 0.6) is 0 Å². The standard InChI is InChI=1S/C12H31O4Si3/c1-13-10-11-14-9-8-12-19(7,15-17(2)3)16-18(4,5)6/h8-12H2,1-7H3. The molecule has 0 bridgehead atoms. The molecule has 115 valence electrons. The predicted molar refractivity (Wildman–Crippen MR) is 86.7 cm³/mol. The molecule has 0 aromatic heterocycles. The van der Waals surface area contributed by atoms with Crippen molar-refractivity contribution < 1.29 is 17.7 Å². The molecule has 0 N–H and O–H groups in total. The Morgan fingerprint density at radius 1 is 0.947 bits per heavy atom. The summed E-state index contributed by atoms with van der Waals surface area (Å²) in [6, 6.07) is 1.01. The lowest BCUT2D eigenvalue weighted by Gasteiger charge is -2.35. The maximum absolute atomic E-state index is 6.36. The molecule has 0 spiro atoms. The van der Waals surface area contributed by atoms with Gasteiger partial charge in [-0.3, -0.25) is 0 Å². The second kappa shape index (κ2) is 9.43. The van der Waals surface area contributed by atoms with Crippen LogP contribution in [-0.2, 0) is 17.7 Å². The molecular weight excluding hydrogens is 292 g/mol. The topological polar surface area (TPSA) is 36.9 Å². The van der Waals surface area contributed by atoms with Crippen molar-refractivity contribution in [3.63, 3.8) is 0 Å². The molecule has 1 unspecified atom stereocenters. The summed E-state index contributed by atoms with van der Waals surface area (Å²) in [6.45, 7) is 15.3. The number of hydrogen-bond donors (Lipinski definition) is 0. The van der Waals surface area contributed by atoms with Gasteiger partial charge < -0.3 is 17.7 Å². The molecule has 0 saturated carbocycles. The molecule has 0 aliphatic rings. The van der Waals surface area contributed by atoms with Crippen LogP contribution in [-0.4, -0.2) is 52.8 Å². The second-order valence-corrected chi connectivity index (χ2v) is 16.5. The van der Waals surface area contributed by atoms with Crippen LogP contribution in [0, 0.1) is 0 Å². The van der Waals surface area contributed by atoms with Crippen LogP contribution in [0.25, 0.3) is 0 Å². The minimum absolute atomic E-state index is 0.660. The predicted octanol–water partition coefficient (Wildman–Crippen LogP) is 3.23. The first-order valence-corrected chi connectivity index (χ1v) is 15.3. The minimum Gasteiger partial charge on any atom is -0.437 e. The first-order valence-electron chi connectivity index (χ1n) is 6.94. The van der Waals surface area contributed by atoms with Crippen molar-refractivity contribution in [1.82, 2.24) is 0 Å². The van der Waals surface area contributed by atoms with Crippen LogP contribution in [0.2, 0.25) is 45.3 Å². The summed E-state index contributed by atoms with van der Waals surface area (Å²) in [7, 11) is -2.59. The fourth-order valence-corrected chi connectivity index (χ4v) is 12.7. The maximum Gasteiger partial charge on any atom is 0.314 e. The van der Waals surface area contributed by atoms with Gasteiger partial charge in [0.15, 0.2) is 17.4 Å². The van der Waals surface area contributed by atoms with Crippen LogP contribution in [0.15, 0.2) is 0 Å². The zero-order valence-corrected chi connectivity index (χ0v) is 16.7. The molecule has 0 saturated heterocycles. The minimum atomic E-state index is -2.02.